The number of nitrogens with one attached hydrogen (secondary N) is 3. The molecule has 1 saturated heterocycles. The summed E-state index contributed by atoms with van der Waals surface area (Å²) < 4.78 is 50.5. The molecule has 0 saturated carbocycles. The van der Waals surface area contributed by atoms with Gasteiger partial charge in [-0.05, 0) is 26.3 Å². The topological polar surface area (TPSA) is 104 Å². The molecule has 1 unspecified atom stereocenters. The van der Waals surface area contributed by atoms with Crippen LogP contribution in [-0.4, -0.2) is 54.0 Å². The summed E-state index contributed by atoms with van der Waals surface area (Å²) in [5.74, 6) is -0.282. The monoisotopic (exact) mass is 299 g/mol. The Morgan fingerprint density at radius 1 is 1.22 bits per heavy atom. The van der Waals surface area contributed by atoms with Crippen LogP contribution in [-0.2, 0) is 20.0 Å². The predicted molar refractivity (Wildman–Crippen MR) is 70.3 cm³/mol. The van der Waals surface area contributed by atoms with Crippen molar-refractivity contribution in [1.29, 1.82) is 0 Å². The average molecular weight is 299 g/mol. The second-order valence-corrected chi connectivity index (χ2v) is 8.25. The van der Waals surface area contributed by atoms with Gasteiger partial charge in [-0.1, -0.05) is 0 Å². The molecular formula is C9H21N3O4S2. The highest BCUT2D eigenvalue weighted by Gasteiger charge is 2.20. The Morgan fingerprint density at radius 3 is 2.50 bits per heavy atom. The van der Waals surface area contributed by atoms with E-state index in [4.69, 9.17) is 0 Å². The Morgan fingerprint density at radius 2 is 1.94 bits per heavy atom. The standard InChI is InChI=1S/C9H21N3O4S2/c1-2-17(13,14)11-6-7-18(15,16)12-9-4-3-5-10-8-9/h9-12H,2-8H2,1H3. The molecular weight excluding hydrogens is 278 g/mol. The molecule has 7 nitrogen and oxygen atoms in total. The van der Waals surface area contributed by atoms with Gasteiger partial charge in [0, 0.05) is 19.1 Å². The van der Waals surface area contributed by atoms with Gasteiger partial charge < -0.3 is 5.32 Å². The maximum absolute atomic E-state index is 11.7. The van der Waals surface area contributed by atoms with E-state index in [1.165, 1.54) is 6.92 Å². The number of sulfonamides is 2. The normalized spacial score (nSPS) is 21.9. The van der Waals surface area contributed by atoms with Crippen LogP contribution < -0.4 is 14.8 Å². The predicted octanol–water partition coefficient (Wildman–Crippen LogP) is -1.40. The second kappa shape index (κ2) is 6.80. The molecule has 0 bridgehead atoms. The third kappa shape index (κ3) is 6.10. The third-order valence-electron chi connectivity index (χ3n) is 2.72. The summed E-state index contributed by atoms with van der Waals surface area (Å²) in [6.45, 7) is 2.95. The summed E-state index contributed by atoms with van der Waals surface area (Å²) in [5, 5.41) is 3.11. The maximum Gasteiger partial charge on any atom is 0.213 e. The fraction of sp³-hybridized carbons (Fsp3) is 1.00. The van der Waals surface area contributed by atoms with Gasteiger partial charge in [0.1, 0.15) is 0 Å². The largest absolute Gasteiger partial charge is 0.315 e. The molecule has 108 valence electrons. The van der Waals surface area contributed by atoms with E-state index in [0.29, 0.717) is 6.54 Å². The maximum atomic E-state index is 11.7. The van der Waals surface area contributed by atoms with E-state index in [2.05, 4.69) is 14.8 Å². The zero-order valence-corrected chi connectivity index (χ0v) is 12.1. The van der Waals surface area contributed by atoms with E-state index < -0.39 is 20.0 Å². The van der Waals surface area contributed by atoms with Crippen molar-refractivity contribution in [3.63, 3.8) is 0 Å². The van der Waals surface area contributed by atoms with Crippen LogP contribution in [0.4, 0.5) is 0 Å². The van der Waals surface area contributed by atoms with E-state index >= 15 is 0 Å². The molecule has 0 aromatic heterocycles. The lowest BCUT2D eigenvalue weighted by Crippen LogP contribution is -2.47. The molecule has 1 aliphatic heterocycles. The zero-order chi connectivity index (χ0) is 13.6. The highest BCUT2D eigenvalue weighted by Crippen LogP contribution is 2.02. The van der Waals surface area contributed by atoms with E-state index in [0.717, 1.165) is 19.4 Å². The molecule has 18 heavy (non-hydrogen) atoms. The molecule has 0 aromatic rings. The molecule has 0 spiro atoms. The van der Waals surface area contributed by atoms with Crippen molar-refractivity contribution < 1.29 is 16.8 Å². The molecule has 0 radical (unpaired) electrons. The molecule has 1 aliphatic rings. The minimum atomic E-state index is -3.43. The van der Waals surface area contributed by atoms with Gasteiger partial charge in [0.05, 0.1) is 11.5 Å². The number of hydrogen-bond donors (Lipinski definition) is 3. The summed E-state index contributed by atoms with van der Waals surface area (Å²) in [4.78, 5) is 0. The van der Waals surface area contributed by atoms with Crippen LogP contribution in [0.3, 0.4) is 0 Å². The summed E-state index contributed by atoms with van der Waals surface area (Å²) in [5.41, 5.74) is 0. The summed E-state index contributed by atoms with van der Waals surface area (Å²) in [6.07, 6.45) is 1.75. The van der Waals surface area contributed by atoms with E-state index in [1.54, 1.807) is 0 Å². The van der Waals surface area contributed by atoms with Gasteiger partial charge in [-0.25, -0.2) is 26.3 Å². The Labute approximate surface area is 109 Å². The van der Waals surface area contributed by atoms with Crippen molar-refractivity contribution in [3.8, 4) is 0 Å². The highest BCUT2D eigenvalue weighted by atomic mass is 32.2. The van der Waals surface area contributed by atoms with Gasteiger partial charge in [-0.15, -0.1) is 0 Å². The Kier molecular flexibility index (Phi) is 5.99. The molecule has 1 atom stereocenters. The first-order chi connectivity index (χ1) is 8.35. The first kappa shape index (κ1) is 15.8. The van der Waals surface area contributed by atoms with Gasteiger partial charge in [0.15, 0.2) is 0 Å². The van der Waals surface area contributed by atoms with Crippen LogP contribution in [0.1, 0.15) is 19.8 Å². The smallest absolute Gasteiger partial charge is 0.213 e. The number of piperidine rings is 1. The highest BCUT2D eigenvalue weighted by molar-refractivity contribution is 7.90. The third-order valence-corrected chi connectivity index (χ3v) is 5.55. The van der Waals surface area contributed by atoms with Crippen molar-refractivity contribution in [1.82, 2.24) is 14.8 Å². The van der Waals surface area contributed by atoms with Gasteiger partial charge in [-0.3, -0.25) is 0 Å². The van der Waals surface area contributed by atoms with E-state index in [9.17, 15) is 16.8 Å². The molecule has 3 N–H and O–H groups in total. The molecule has 0 aromatic carbocycles. The average Bonchev–Trinajstić information content (AvgIpc) is 2.29. The van der Waals surface area contributed by atoms with Gasteiger partial charge in [0.2, 0.25) is 20.0 Å². The first-order valence-corrected chi connectivity index (χ1v) is 9.33. The number of hydrogen-bond acceptors (Lipinski definition) is 5. The lowest BCUT2D eigenvalue weighted by molar-refractivity contribution is 0.428. The molecule has 9 heteroatoms. The quantitative estimate of drug-likeness (QED) is 0.536. The van der Waals surface area contributed by atoms with Gasteiger partial charge in [0.25, 0.3) is 0 Å². The summed E-state index contributed by atoms with van der Waals surface area (Å²) in [7, 11) is -6.76. The van der Waals surface area contributed by atoms with Crippen LogP contribution in [0, 0.1) is 0 Å². The van der Waals surface area contributed by atoms with E-state index in [1.807, 2.05) is 0 Å². The lowest BCUT2D eigenvalue weighted by Gasteiger charge is -2.23. The van der Waals surface area contributed by atoms with Crippen molar-refractivity contribution in [2.24, 2.45) is 0 Å². The van der Waals surface area contributed by atoms with Crippen LogP contribution in [0.15, 0.2) is 0 Å². The summed E-state index contributed by atoms with van der Waals surface area (Å²) >= 11 is 0. The Bertz CT molecular complexity index is 440. The van der Waals surface area contributed by atoms with Crippen LogP contribution >= 0.6 is 0 Å². The van der Waals surface area contributed by atoms with Crippen molar-refractivity contribution in [3.05, 3.63) is 0 Å². The molecule has 1 heterocycles. The molecule has 0 aliphatic carbocycles. The fourth-order valence-electron chi connectivity index (χ4n) is 1.70. The molecule has 0 amide bonds. The minimum absolute atomic E-state index is 0.0486. The van der Waals surface area contributed by atoms with Crippen LogP contribution in [0.25, 0.3) is 0 Å². The van der Waals surface area contributed by atoms with Crippen molar-refractivity contribution in [2.45, 2.75) is 25.8 Å². The van der Waals surface area contributed by atoms with Gasteiger partial charge in [-0.2, -0.15) is 0 Å². The minimum Gasteiger partial charge on any atom is -0.315 e. The Balaban J connectivity index is 2.35. The fourth-order valence-corrected chi connectivity index (χ4v) is 3.64. The molecule has 1 rings (SSSR count). The van der Waals surface area contributed by atoms with Gasteiger partial charge >= 0.3 is 0 Å². The molecule has 1 fully saturated rings. The summed E-state index contributed by atoms with van der Waals surface area (Å²) in [6, 6.07) is -0.0912. The Hall–Kier alpha value is -0.220. The second-order valence-electron chi connectivity index (χ2n) is 4.28. The van der Waals surface area contributed by atoms with Crippen molar-refractivity contribution >= 4 is 20.0 Å². The first-order valence-electron chi connectivity index (χ1n) is 6.03. The SMILES string of the molecule is CCS(=O)(=O)NCCS(=O)(=O)NC1CCCNC1. The van der Waals surface area contributed by atoms with Crippen LogP contribution in [0.2, 0.25) is 0 Å². The number of rotatable bonds is 7. The van der Waals surface area contributed by atoms with Crippen molar-refractivity contribution in [2.75, 3.05) is 31.1 Å². The van der Waals surface area contributed by atoms with E-state index in [-0.39, 0.29) is 24.1 Å². The van der Waals surface area contributed by atoms with Crippen LogP contribution in [0.5, 0.6) is 0 Å². The lowest BCUT2D eigenvalue weighted by atomic mass is 10.1. The zero-order valence-electron chi connectivity index (χ0n) is 10.5.